The first-order chi connectivity index (χ1) is 9.61. The van der Waals surface area contributed by atoms with E-state index in [0.717, 1.165) is 28.6 Å². The molecule has 0 aromatic carbocycles. The van der Waals surface area contributed by atoms with Crippen LogP contribution in [0.3, 0.4) is 0 Å². The molecule has 0 fully saturated rings. The summed E-state index contributed by atoms with van der Waals surface area (Å²) in [6.45, 7) is 5.43. The Morgan fingerprint density at radius 1 is 1.50 bits per heavy atom. The summed E-state index contributed by atoms with van der Waals surface area (Å²) in [5.41, 5.74) is 2.85. The maximum Gasteiger partial charge on any atom is 0.268 e. The maximum atomic E-state index is 12.3. The summed E-state index contributed by atoms with van der Waals surface area (Å²) in [6, 6.07) is 3.79. The van der Waals surface area contributed by atoms with Crippen LogP contribution in [-0.4, -0.2) is 15.5 Å². The van der Waals surface area contributed by atoms with E-state index < -0.39 is 0 Å². The highest BCUT2D eigenvalue weighted by atomic mass is 79.9. The van der Waals surface area contributed by atoms with Crippen molar-refractivity contribution in [3.05, 3.63) is 52.0 Å². The number of amides is 1. The number of carbonyl (C=O) groups excluding carboxylic acids is 1. The normalized spacial score (nSPS) is 10.6. The van der Waals surface area contributed by atoms with Gasteiger partial charge in [0.15, 0.2) is 0 Å². The Labute approximate surface area is 127 Å². The molecule has 0 aliphatic carbocycles. The molecule has 0 unspecified atom stereocenters. The number of hydrogen-bond acceptors (Lipinski definition) is 2. The average molecular weight is 336 g/mol. The van der Waals surface area contributed by atoms with Crippen molar-refractivity contribution >= 4 is 21.8 Å². The number of hydrogen-bond donors (Lipinski definition) is 1. The molecule has 1 N–H and O–H groups in total. The molecular weight excluding hydrogens is 318 g/mol. The fraction of sp³-hybridized carbons (Fsp3) is 0.333. The monoisotopic (exact) mass is 335 g/mol. The van der Waals surface area contributed by atoms with Crippen molar-refractivity contribution in [2.24, 2.45) is 0 Å². The Kier molecular flexibility index (Phi) is 4.95. The van der Waals surface area contributed by atoms with E-state index in [-0.39, 0.29) is 5.91 Å². The molecule has 0 saturated heterocycles. The van der Waals surface area contributed by atoms with Gasteiger partial charge in [-0.05, 0) is 52.5 Å². The van der Waals surface area contributed by atoms with Crippen molar-refractivity contribution in [2.45, 2.75) is 33.4 Å². The Balaban J connectivity index is 2.07. The zero-order chi connectivity index (χ0) is 14.5. The van der Waals surface area contributed by atoms with E-state index in [1.165, 1.54) is 0 Å². The first-order valence-corrected chi connectivity index (χ1v) is 7.44. The number of nitrogens with one attached hydrogen (secondary N) is 1. The number of aromatic nitrogens is 2. The molecule has 106 valence electrons. The van der Waals surface area contributed by atoms with Crippen molar-refractivity contribution in [3.8, 4) is 0 Å². The zero-order valence-electron chi connectivity index (χ0n) is 11.7. The smallest absolute Gasteiger partial charge is 0.268 e. The second kappa shape index (κ2) is 6.70. The molecular formula is C15H18BrN3O. The molecule has 4 nitrogen and oxygen atoms in total. The van der Waals surface area contributed by atoms with E-state index in [4.69, 9.17) is 0 Å². The SMILES string of the molecule is CCCn1cc(Br)cc1C(=O)NCc1cnccc1C. The molecule has 2 heterocycles. The van der Waals surface area contributed by atoms with Crippen LogP contribution < -0.4 is 5.32 Å². The predicted octanol–water partition coefficient (Wildman–Crippen LogP) is 3.29. The van der Waals surface area contributed by atoms with Gasteiger partial charge < -0.3 is 9.88 Å². The van der Waals surface area contributed by atoms with Gasteiger partial charge in [-0.25, -0.2) is 0 Å². The number of pyridine rings is 1. The van der Waals surface area contributed by atoms with Gasteiger partial charge in [0.2, 0.25) is 0 Å². The van der Waals surface area contributed by atoms with Gasteiger partial charge in [0.25, 0.3) is 5.91 Å². The van der Waals surface area contributed by atoms with Crippen LogP contribution in [0.4, 0.5) is 0 Å². The lowest BCUT2D eigenvalue weighted by Gasteiger charge is -2.09. The largest absolute Gasteiger partial charge is 0.347 e. The van der Waals surface area contributed by atoms with Gasteiger partial charge in [-0.2, -0.15) is 0 Å². The van der Waals surface area contributed by atoms with E-state index in [2.05, 4.69) is 33.2 Å². The molecule has 2 rings (SSSR count). The maximum absolute atomic E-state index is 12.3. The van der Waals surface area contributed by atoms with Crippen molar-refractivity contribution in [1.29, 1.82) is 0 Å². The quantitative estimate of drug-likeness (QED) is 0.911. The molecule has 0 saturated carbocycles. The minimum absolute atomic E-state index is 0.0626. The Bertz CT molecular complexity index is 607. The zero-order valence-corrected chi connectivity index (χ0v) is 13.3. The van der Waals surface area contributed by atoms with Crippen molar-refractivity contribution in [1.82, 2.24) is 14.9 Å². The lowest BCUT2D eigenvalue weighted by Crippen LogP contribution is -2.25. The van der Waals surface area contributed by atoms with Gasteiger partial charge in [-0.1, -0.05) is 6.92 Å². The van der Waals surface area contributed by atoms with Crippen molar-refractivity contribution in [3.63, 3.8) is 0 Å². The number of rotatable bonds is 5. The van der Waals surface area contributed by atoms with Crippen LogP contribution in [-0.2, 0) is 13.1 Å². The third kappa shape index (κ3) is 3.48. The van der Waals surface area contributed by atoms with E-state index in [1.807, 2.05) is 29.8 Å². The molecule has 1 amide bonds. The highest BCUT2D eigenvalue weighted by Gasteiger charge is 2.12. The summed E-state index contributed by atoms with van der Waals surface area (Å²) < 4.78 is 2.89. The van der Waals surface area contributed by atoms with Crippen LogP contribution in [0.2, 0.25) is 0 Å². The highest BCUT2D eigenvalue weighted by molar-refractivity contribution is 9.10. The molecule has 2 aromatic rings. The summed E-state index contributed by atoms with van der Waals surface area (Å²) >= 11 is 3.42. The molecule has 0 spiro atoms. The van der Waals surface area contributed by atoms with Gasteiger partial charge >= 0.3 is 0 Å². The fourth-order valence-corrected chi connectivity index (χ4v) is 2.50. The van der Waals surface area contributed by atoms with Gasteiger partial charge in [-0.3, -0.25) is 9.78 Å². The second-order valence-corrected chi connectivity index (χ2v) is 5.64. The van der Waals surface area contributed by atoms with Gasteiger partial charge in [0.05, 0.1) is 0 Å². The summed E-state index contributed by atoms with van der Waals surface area (Å²) in [4.78, 5) is 16.3. The van der Waals surface area contributed by atoms with Crippen LogP contribution in [0.5, 0.6) is 0 Å². The highest BCUT2D eigenvalue weighted by Crippen LogP contribution is 2.16. The van der Waals surface area contributed by atoms with Gasteiger partial charge in [-0.15, -0.1) is 0 Å². The van der Waals surface area contributed by atoms with Crippen LogP contribution in [0, 0.1) is 6.92 Å². The number of nitrogens with zero attached hydrogens (tertiary/aromatic N) is 2. The standard InChI is InChI=1S/C15H18BrN3O/c1-3-6-19-10-13(16)7-14(19)15(20)18-9-12-8-17-5-4-11(12)2/h4-5,7-8,10H,3,6,9H2,1-2H3,(H,18,20). The van der Waals surface area contributed by atoms with Gasteiger partial charge in [0, 0.05) is 36.2 Å². The third-order valence-electron chi connectivity index (χ3n) is 3.15. The van der Waals surface area contributed by atoms with Crippen LogP contribution in [0.1, 0.15) is 35.0 Å². The third-order valence-corrected chi connectivity index (χ3v) is 3.58. The first kappa shape index (κ1) is 14.8. The number of halogens is 1. The van der Waals surface area contributed by atoms with Crippen LogP contribution in [0.25, 0.3) is 0 Å². The van der Waals surface area contributed by atoms with Gasteiger partial charge in [0.1, 0.15) is 5.69 Å². The minimum Gasteiger partial charge on any atom is -0.347 e. The molecule has 0 bridgehead atoms. The van der Waals surface area contributed by atoms with Crippen molar-refractivity contribution < 1.29 is 4.79 Å². The summed E-state index contributed by atoms with van der Waals surface area (Å²) in [7, 11) is 0. The fourth-order valence-electron chi connectivity index (χ4n) is 2.04. The summed E-state index contributed by atoms with van der Waals surface area (Å²) in [6.07, 6.45) is 6.47. The topological polar surface area (TPSA) is 46.9 Å². The average Bonchev–Trinajstić information content (AvgIpc) is 2.79. The summed E-state index contributed by atoms with van der Waals surface area (Å²) in [5, 5.41) is 2.95. The Hall–Kier alpha value is -1.62. The molecule has 0 radical (unpaired) electrons. The lowest BCUT2D eigenvalue weighted by molar-refractivity contribution is 0.0941. The van der Waals surface area contributed by atoms with Crippen LogP contribution in [0.15, 0.2) is 35.2 Å². The molecule has 0 aliphatic heterocycles. The van der Waals surface area contributed by atoms with E-state index in [9.17, 15) is 4.79 Å². The van der Waals surface area contributed by atoms with Crippen molar-refractivity contribution in [2.75, 3.05) is 0 Å². The molecule has 20 heavy (non-hydrogen) atoms. The molecule has 5 heteroatoms. The summed E-state index contributed by atoms with van der Waals surface area (Å²) in [5.74, 6) is -0.0626. The first-order valence-electron chi connectivity index (χ1n) is 6.65. The molecule has 0 atom stereocenters. The second-order valence-electron chi connectivity index (χ2n) is 4.72. The minimum atomic E-state index is -0.0626. The Morgan fingerprint density at radius 2 is 2.30 bits per heavy atom. The molecule has 0 aliphatic rings. The predicted molar refractivity (Wildman–Crippen MR) is 82.6 cm³/mol. The van der Waals surface area contributed by atoms with Crippen LogP contribution >= 0.6 is 15.9 Å². The van der Waals surface area contributed by atoms with E-state index in [0.29, 0.717) is 12.2 Å². The van der Waals surface area contributed by atoms with E-state index in [1.54, 1.807) is 12.4 Å². The lowest BCUT2D eigenvalue weighted by atomic mass is 10.1. The number of carbonyl (C=O) groups is 1. The molecule has 2 aromatic heterocycles. The van der Waals surface area contributed by atoms with E-state index >= 15 is 0 Å². The Morgan fingerprint density at radius 3 is 3.00 bits per heavy atom. The number of aryl methyl sites for hydroxylation is 2.